The van der Waals surface area contributed by atoms with Crippen LogP contribution in [0, 0.1) is 0 Å². The van der Waals surface area contributed by atoms with Gasteiger partial charge in [0, 0.05) is 17.6 Å². The number of ether oxygens (including phenoxy) is 1. The molecular formula is C26H34ClN3O5S. The zero-order valence-electron chi connectivity index (χ0n) is 20.9. The Balaban J connectivity index is 1.86. The van der Waals surface area contributed by atoms with Crippen molar-refractivity contribution in [1.82, 2.24) is 10.2 Å². The molecular weight excluding hydrogens is 502 g/mol. The maximum atomic E-state index is 13.6. The van der Waals surface area contributed by atoms with Crippen LogP contribution in [0.2, 0.25) is 5.02 Å². The Kier molecular flexibility index (Phi) is 9.62. The number of nitrogens with zero attached hydrogens (tertiary/aromatic N) is 2. The van der Waals surface area contributed by atoms with Crippen molar-refractivity contribution in [3.05, 3.63) is 59.1 Å². The number of amides is 2. The van der Waals surface area contributed by atoms with Crippen molar-refractivity contribution in [2.75, 3.05) is 24.2 Å². The molecule has 2 amide bonds. The fourth-order valence-electron chi connectivity index (χ4n) is 4.32. The van der Waals surface area contributed by atoms with E-state index in [1.807, 2.05) is 12.1 Å². The molecule has 1 aliphatic rings. The van der Waals surface area contributed by atoms with E-state index in [4.69, 9.17) is 16.3 Å². The zero-order valence-corrected chi connectivity index (χ0v) is 22.5. The largest absolute Gasteiger partial charge is 0.497 e. The molecule has 0 aliphatic heterocycles. The van der Waals surface area contributed by atoms with E-state index in [0.717, 1.165) is 48.2 Å². The Labute approximate surface area is 218 Å². The number of carbonyl (C=O) groups is 2. The van der Waals surface area contributed by atoms with Gasteiger partial charge in [0.25, 0.3) is 0 Å². The minimum absolute atomic E-state index is 0.0885. The molecule has 2 aromatic rings. The molecule has 1 N–H and O–H groups in total. The standard InChI is InChI=1S/C26H34ClN3O5S/c1-19(26(32)28-22-9-5-4-6-10-22)29(17-20-12-14-24(35-2)15-13-20)25(31)18-30(36(3,33)34)23-11-7-8-21(27)16-23/h7-8,11-16,19,22H,4-6,9-10,17-18H2,1-3H3,(H,28,32)/t19-/m1/s1. The van der Waals surface area contributed by atoms with Crippen LogP contribution < -0.4 is 14.4 Å². The number of anilines is 1. The summed E-state index contributed by atoms with van der Waals surface area (Å²) in [6.45, 7) is 1.34. The number of carbonyl (C=O) groups excluding carboxylic acids is 2. The summed E-state index contributed by atoms with van der Waals surface area (Å²) in [4.78, 5) is 28.2. The monoisotopic (exact) mass is 535 g/mol. The molecule has 1 aliphatic carbocycles. The third-order valence-corrected chi connectivity index (χ3v) is 7.78. The molecule has 2 aromatic carbocycles. The third kappa shape index (κ3) is 7.61. The molecule has 3 rings (SSSR count). The first-order chi connectivity index (χ1) is 17.1. The molecule has 0 bridgehead atoms. The average molecular weight is 536 g/mol. The Hall–Kier alpha value is -2.78. The van der Waals surface area contributed by atoms with E-state index in [1.165, 1.54) is 11.0 Å². The van der Waals surface area contributed by atoms with Crippen LogP contribution in [-0.4, -0.2) is 57.1 Å². The molecule has 1 saturated carbocycles. The highest BCUT2D eigenvalue weighted by Crippen LogP contribution is 2.23. The van der Waals surface area contributed by atoms with Gasteiger partial charge in [0.15, 0.2) is 0 Å². The van der Waals surface area contributed by atoms with Gasteiger partial charge in [-0.1, -0.05) is 49.1 Å². The number of hydrogen-bond donors (Lipinski definition) is 1. The summed E-state index contributed by atoms with van der Waals surface area (Å²) in [7, 11) is -2.24. The van der Waals surface area contributed by atoms with Crippen molar-refractivity contribution in [2.45, 2.75) is 57.7 Å². The molecule has 1 fully saturated rings. The van der Waals surface area contributed by atoms with E-state index in [9.17, 15) is 18.0 Å². The average Bonchev–Trinajstić information content (AvgIpc) is 2.85. The Morgan fingerprint density at radius 1 is 1.11 bits per heavy atom. The Morgan fingerprint density at radius 3 is 2.36 bits per heavy atom. The van der Waals surface area contributed by atoms with E-state index in [1.54, 1.807) is 44.4 Å². The second kappa shape index (κ2) is 12.5. The summed E-state index contributed by atoms with van der Waals surface area (Å²) in [5.41, 5.74) is 1.07. The van der Waals surface area contributed by atoms with E-state index in [0.29, 0.717) is 10.8 Å². The summed E-state index contributed by atoms with van der Waals surface area (Å²) in [6, 6.07) is 12.8. The second-order valence-electron chi connectivity index (χ2n) is 9.14. The van der Waals surface area contributed by atoms with Gasteiger partial charge in [0.05, 0.1) is 19.1 Å². The molecule has 0 heterocycles. The van der Waals surface area contributed by atoms with Gasteiger partial charge in [-0.25, -0.2) is 8.42 Å². The van der Waals surface area contributed by atoms with Crippen molar-refractivity contribution >= 4 is 39.1 Å². The van der Waals surface area contributed by atoms with Gasteiger partial charge in [-0.05, 0) is 55.7 Å². The number of hydrogen-bond acceptors (Lipinski definition) is 5. The van der Waals surface area contributed by atoms with Gasteiger partial charge in [-0.3, -0.25) is 13.9 Å². The lowest BCUT2D eigenvalue weighted by Gasteiger charge is -2.33. The first kappa shape index (κ1) is 27.8. The molecule has 0 spiro atoms. The predicted octanol–water partition coefficient (Wildman–Crippen LogP) is 3.98. The number of sulfonamides is 1. The Morgan fingerprint density at radius 2 is 1.78 bits per heavy atom. The highest BCUT2D eigenvalue weighted by Gasteiger charge is 2.31. The van der Waals surface area contributed by atoms with Crippen molar-refractivity contribution < 1.29 is 22.7 Å². The summed E-state index contributed by atoms with van der Waals surface area (Å²) in [5, 5.41) is 3.43. The number of halogens is 1. The van der Waals surface area contributed by atoms with Crippen molar-refractivity contribution in [2.24, 2.45) is 0 Å². The van der Waals surface area contributed by atoms with Gasteiger partial charge in [-0.15, -0.1) is 0 Å². The van der Waals surface area contributed by atoms with Gasteiger partial charge >= 0.3 is 0 Å². The topological polar surface area (TPSA) is 96.0 Å². The fourth-order valence-corrected chi connectivity index (χ4v) is 5.35. The summed E-state index contributed by atoms with van der Waals surface area (Å²) < 4.78 is 31.5. The van der Waals surface area contributed by atoms with Crippen LogP contribution in [0.5, 0.6) is 5.75 Å². The SMILES string of the molecule is COc1ccc(CN(C(=O)CN(c2cccc(Cl)c2)S(C)(=O)=O)[C@H](C)C(=O)NC2CCCCC2)cc1. The number of rotatable bonds is 10. The van der Waals surface area contributed by atoms with E-state index >= 15 is 0 Å². The number of benzene rings is 2. The summed E-state index contributed by atoms with van der Waals surface area (Å²) in [5.74, 6) is -0.0798. The first-order valence-corrected chi connectivity index (χ1v) is 14.3. The molecule has 0 unspecified atom stereocenters. The zero-order chi connectivity index (χ0) is 26.3. The second-order valence-corrected chi connectivity index (χ2v) is 11.5. The normalized spacial score (nSPS) is 15.1. The molecule has 8 nitrogen and oxygen atoms in total. The van der Waals surface area contributed by atoms with E-state index in [-0.39, 0.29) is 24.2 Å². The maximum Gasteiger partial charge on any atom is 0.244 e. The smallest absolute Gasteiger partial charge is 0.244 e. The van der Waals surface area contributed by atoms with Crippen LogP contribution in [0.4, 0.5) is 5.69 Å². The maximum absolute atomic E-state index is 13.6. The molecule has 36 heavy (non-hydrogen) atoms. The van der Waals surface area contributed by atoms with E-state index in [2.05, 4.69) is 5.32 Å². The van der Waals surface area contributed by atoms with Crippen LogP contribution in [0.3, 0.4) is 0 Å². The fraction of sp³-hybridized carbons (Fsp3) is 0.462. The highest BCUT2D eigenvalue weighted by molar-refractivity contribution is 7.92. The molecule has 0 aromatic heterocycles. The summed E-state index contributed by atoms with van der Waals surface area (Å²) >= 11 is 6.07. The molecule has 1 atom stereocenters. The molecule has 10 heteroatoms. The van der Waals surface area contributed by atoms with Gasteiger partial charge < -0.3 is 15.0 Å². The van der Waals surface area contributed by atoms with Crippen LogP contribution in [0.25, 0.3) is 0 Å². The predicted molar refractivity (Wildman–Crippen MR) is 142 cm³/mol. The Bertz CT molecular complexity index is 1150. The van der Waals surface area contributed by atoms with E-state index < -0.39 is 28.5 Å². The first-order valence-electron chi connectivity index (χ1n) is 12.0. The van der Waals surface area contributed by atoms with Crippen molar-refractivity contribution in [3.8, 4) is 5.75 Å². The molecule has 0 radical (unpaired) electrons. The van der Waals surface area contributed by atoms with Crippen LogP contribution in [-0.2, 0) is 26.2 Å². The third-order valence-electron chi connectivity index (χ3n) is 6.41. The lowest BCUT2D eigenvalue weighted by molar-refractivity contribution is -0.139. The van der Waals surface area contributed by atoms with Crippen LogP contribution in [0.1, 0.15) is 44.6 Å². The lowest BCUT2D eigenvalue weighted by Crippen LogP contribution is -2.52. The minimum Gasteiger partial charge on any atom is -0.497 e. The molecule has 196 valence electrons. The van der Waals surface area contributed by atoms with Gasteiger partial charge in [0.1, 0.15) is 18.3 Å². The molecule has 0 saturated heterocycles. The number of nitrogens with one attached hydrogen (secondary N) is 1. The summed E-state index contributed by atoms with van der Waals surface area (Å²) in [6.07, 6.45) is 6.17. The van der Waals surface area contributed by atoms with Crippen molar-refractivity contribution in [1.29, 1.82) is 0 Å². The van der Waals surface area contributed by atoms with Gasteiger partial charge in [-0.2, -0.15) is 0 Å². The van der Waals surface area contributed by atoms with Crippen LogP contribution >= 0.6 is 11.6 Å². The van der Waals surface area contributed by atoms with Crippen LogP contribution in [0.15, 0.2) is 48.5 Å². The van der Waals surface area contributed by atoms with Crippen molar-refractivity contribution in [3.63, 3.8) is 0 Å². The quantitative estimate of drug-likeness (QED) is 0.496. The lowest BCUT2D eigenvalue weighted by atomic mass is 9.95. The number of methoxy groups -OCH3 is 1. The highest BCUT2D eigenvalue weighted by atomic mass is 35.5. The minimum atomic E-state index is -3.80. The van der Waals surface area contributed by atoms with Gasteiger partial charge in [0.2, 0.25) is 21.8 Å².